The van der Waals surface area contributed by atoms with Gasteiger partial charge in [0, 0.05) is 23.1 Å². The minimum atomic E-state index is -4.74. The van der Waals surface area contributed by atoms with Crippen molar-refractivity contribution in [2.45, 2.75) is 19.5 Å². The first-order valence-corrected chi connectivity index (χ1v) is 7.53. The van der Waals surface area contributed by atoms with Crippen LogP contribution in [0.4, 0.5) is 13.2 Å². The molecule has 7 heteroatoms. The summed E-state index contributed by atoms with van der Waals surface area (Å²) in [6, 6.07) is 11.2. The van der Waals surface area contributed by atoms with Crippen molar-refractivity contribution in [3.63, 3.8) is 0 Å². The van der Waals surface area contributed by atoms with E-state index in [-0.39, 0.29) is 18.0 Å². The number of phenols is 1. The van der Waals surface area contributed by atoms with Crippen LogP contribution in [-0.4, -0.2) is 23.4 Å². The zero-order chi connectivity index (χ0) is 17.0. The molecule has 0 amide bonds. The summed E-state index contributed by atoms with van der Waals surface area (Å²) in [4.78, 5) is 1.83. The highest BCUT2D eigenvalue weighted by atomic mass is 79.9. The van der Waals surface area contributed by atoms with Crippen LogP contribution in [0.1, 0.15) is 11.1 Å². The summed E-state index contributed by atoms with van der Waals surface area (Å²) < 4.78 is 42.1. The van der Waals surface area contributed by atoms with Crippen molar-refractivity contribution in [2.75, 3.05) is 7.05 Å². The molecule has 2 aromatic rings. The predicted octanol–water partition coefficient (Wildman–Crippen LogP) is 4.69. The summed E-state index contributed by atoms with van der Waals surface area (Å²) in [5.41, 5.74) is 1.27. The smallest absolute Gasteiger partial charge is 0.508 e. The van der Waals surface area contributed by atoms with E-state index < -0.39 is 6.36 Å². The third-order valence-electron chi connectivity index (χ3n) is 3.09. The molecule has 2 rings (SSSR count). The number of halogens is 4. The Bertz CT molecular complexity index is 677. The van der Waals surface area contributed by atoms with Crippen LogP contribution in [-0.2, 0) is 13.1 Å². The highest BCUT2D eigenvalue weighted by molar-refractivity contribution is 9.10. The van der Waals surface area contributed by atoms with Crippen LogP contribution in [0, 0.1) is 0 Å². The van der Waals surface area contributed by atoms with Gasteiger partial charge in [0.2, 0.25) is 0 Å². The maximum Gasteiger partial charge on any atom is 0.573 e. The van der Waals surface area contributed by atoms with Gasteiger partial charge in [0.25, 0.3) is 0 Å². The van der Waals surface area contributed by atoms with Crippen LogP contribution in [0.2, 0.25) is 0 Å². The van der Waals surface area contributed by atoms with E-state index in [1.54, 1.807) is 31.3 Å². The second kappa shape index (κ2) is 7.23. The number of hydrogen-bond donors (Lipinski definition) is 1. The van der Waals surface area contributed by atoms with E-state index in [4.69, 9.17) is 0 Å². The Morgan fingerprint density at radius 3 is 2.48 bits per heavy atom. The van der Waals surface area contributed by atoms with Gasteiger partial charge < -0.3 is 9.84 Å². The first kappa shape index (κ1) is 17.6. The molecule has 0 bridgehead atoms. The number of benzene rings is 2. The fourth-order valence-corrected chi connectivity index (χ4v) is 2.68. The van der Waals surface area contributed by atoms with Crippen molar-refractivity contribution in [1.82, 2.24) is 4.90 Å². The van der Waals surface area contributed by atoms with E-state index in [1.807, 2.05) is 11.0 Å². The molecule has 0 aliphatic carbocycles. The molecule has 124 valence electrons. The summed E-state index contributed by atoms with van der Waals surface area (Å²) in [5, 5.41) is 9.46. The van der Waals surface area contributed by atoms with Gasteiger partial charge in [0.15, 0.2) is 0 Å². The van der Waals surface area contributed by atoms with E-state index in [0.29, 0.717) is 16.6 Å². The Morgan fingerprint density at radius 1 is 1.13 bits per heavy atom. The van der Waals surface area contributed by atoms with Gasteiger partial charge in [0.05, 0.1) is 0 Å². The van der Waals surface area contributed by atoms with E-state index >= 15 is 0 Å². The summed E-state index contributed by atoms with van der Waals surface area (Å²) in [5.74, 6) is -0.0764. The van der Waals surface area contributed by atoms with Crippen LogP contribution in [0.25, 0.3) is 0 Å². The van der Waals surface area contributed by atoms with E-state index in [2.05, 4.69) is 20.7 Å². The molecular weight excluding hydrogens is 375 g/mol. The monoisotopic (exact) mass is 389 g/mol. The minimum Gasteiger partial charge on any atom is -0.508 e. The molecule has 0 saturated carbocycles. The van der Waals surface area contributed by atoms with Crippen molar-refractivity contribution in [3.05, 3.63) is 58.1 Å². The molecule has 0 saturated heterocycles. The van der Waals surface area contributed by atoms with Crippen molar-refractivity contribution in [1.29, 1.82) is 0 Å². The molecule has 0 unspecified atom stereocenters. The summed E-state index contributed by atoms with van der Waals surface area (Å²) in [7, 11) is 1.78. The average molecular weight is 390 g/mol. The van der Waals surface area contributed by atoms with Crippen LogP contribution < -0.4 is 4.74 Å². The van der Waals surface area contributed by atoms with Crippen LogP contribution in [0.15, 0.2) is 46.9 Å². The zero-order valence-corrected chi connectivity index (χ0v) is 13.9. The standard InChI is InChI=1S/C16H15BrF3NO2/c1-21(9-11-4-2-5-12(22)8-11)10-13-14(17)6-3-7-15(13)23-16(18,19)20/h2-8,22H,9-10H2,1H3. The second-order valence-electron chi connectivity index (χ2n) is 5.11. The molecule has 0 aromatic heterocycles. The Morgan fingerprint density at radius 2 is 1.83 bits per heavy atom. The normalized spacial score (nSPS) is 11.7. The average Bonchev–Trinajstić information content (AvgIpc) is 2.41. The second-order valence-corrected chi connectivity index (χ2v) is 5.96. The molecule has 23 heavy (non-hydrogen) atoms. The molecular formula is C16H15BrF3NO2. The lowest BCUT2D eigenvalue weighted by Gasteiger charge is -2.20. The van der Waals surface area contributed by atoms with Crippen molar-refractivity contribution in [3.8, 4) is 11.5 Å². The third-order valence-corrected chi connectivity index (χ3v) is 3.84. The molecule has 0 aliphatic rings. The Labute approximate surface area is 140 Å². The van der Waals surface area contributed by atoms with E-state index in [9.17, 15) is 18.3 Å². The molecule has 0 radical (unpaired) electrons. The fourth-order valence-electron chi connectivity index (χ4n) is 2.20. The van der Waals surface area contributed by atoms with Crippen LogP contribution >= 0.6 is 15.9 Å². The lowest BCUT2D eigenvalue weighted by Crippen LogP contribution is -2.21. The van der Waals surface area contributed by atoms with Crippen molar-refractivity contribution >= 4 is 15.9 Å². The predicted molar refractivity (Wildman–Crippen MR) is 84.1 cm³/mol. The van der Waals surface area contributed by atoms with Gasteiger partial charge in [-0.15, -0.1) is 13.2 Å². The first-order valence-electron chi connectivity index (χ1n) is 6.74. The summed E-state index contributed by atoms with van der Waals surface area (Å²) in [6.07, 6.45) is -4.74. The van der Waals surface area contributed by atoms with Gasteiger partial charge in [-0.1, -0.05) is 34.1 Å². The molecule has 0 atom stereocenters. The van der Waals surface area contributed by atoms with Gasteiger partial charge in [0.1, 0.15) is 11.5 Å². The van der Waals surface area contributed by atoms with Crippen molar-refractivity contribution in [2.24, 2.45) is 0 Å². The number of alkyl halides is 3. The van der Waals surface area contributed by atoms with Crippen LogP contribution in [0.3, 0.4) is 0 Å². The third kappa shape index (κ3) is 5.44. The van der Waals surface area contributed by atoms with E-state index in [1.165, 1.54) is 12.1 Å². The summed E-state index contributed by atoms with van der Waals surface area (Å²) in [6.45, 7) is 0.726. The fraction of sp³-hybridized carbons (Fsp3) is 0.250. The number of ether oxygens (including phenoxy) is 1. The molecule has 2 aromatic carbocycles. The van der Waals surface area contributed by atoms with Gasteiger partial charge >= 0.3 is 6.36 Å². The molecule has 3 nitrogen and oxygen atoms in total. The Balaban J connectivity index is 2.15. The SMILES string of the molecule is CN(Cc1cccc(O)c1)Cc1c(Br)cccc1OC(F)(F)F. The first-order chi connectivity index (χ1) is 10.7. The summed E-state index contributed by atoms with van der Waals surface area (Å²) >= 11 is 3.27. The lowest BCUT2D eigenvalue weighted by atomic mass is 10.1. The van der Waals surface area contributed by atoms with E-state index in [0.717, 1.165) is 5.56 Å². The lowest BCUT2D eigenvalue weighted by molar-refractivity contribution is -0.275. The Kier molecular flexibility index (Phi) is 5.54. The number of aromatic hydroxyl groups is 1. The minimum absolute atomic E-state index is 0.151. The maximum atomic E-state index is 12.5. The zero-order valence-electron chi connectivity index (χ0n) is 12.3. The molecule has 1 N–H and O–H groups in total. The van der Waals surface area contributed by atoms with Gasteiger partial charge in [-0.2, -0.15) is 0 Å². The number of nitrogens with zero attached hydrogens (tertiary/aromatic N) is 1. The Hall–Kier alpha value is -1.73. The maximum absolute atomic E-state index is 12.5. The van der Waals surface area contributed by atoms with Gasteiger partial charge in [-0.05, 0) is 36.9 Å². The highest BCUT2D eigenvalue weighted by Gasteiger charge is 2.32. The van der Waals surface area contributed by atoms with Gasteiger partial charge in [-0.3, -0.25) is 4.90 Å². The number of phenolic OH excluding ortho intramolecular Hbond substituents is 1. The number of rotatable bonds is 5. The molecule has 0 heterocycles. The van der Waals surface area contributed by atoms with Crippen molar-refractivity contribution < 1.29 is 23.0 Å². The largest absolute Gasteiger partial charge is 0.573 e. The highest BCUT2D eigenvalue weighted by Crippen LogP contribution is 2.32. The quantitative estimate of drug-likeness (QED) is 0.805. The topological polar surface area (TPSA) is 32.7 Å². The van der Waals surface area contributed by atoms with Crippen LogP contribution in [0.5, 0.6) is 11.5 Å². The van der Waals surface area contributed by atoms with Gasteiger partial charge in [-0.25, -0.2) is 0 Å². The molecule has 0 spiro atoms. The number of hydrogen-bond acceptors (Lipinski definition) is 3. The molecule has 0 aliphatic heterocycles. The molecule has 0 fully saturated rings.